The molecule has 21 heavy (non-hydrogen) atoms. The van der Waals surface area contributed by atoms with Gasteiger partial charge in [-0.05, 0) is 30.3 Å². The molecule has 0 aliphatic rings. The molecular formula is C14H9F3N4. The van der Waals surface area contributed by atoms with Crippen LogP contribution >= 0.6 is 0 Å². The summed E-state index contributed by atoms with van der Waals surface area (Å²) in [4.78, 5) is 8.12. The Bertz CT molecular complexity index is 750. The van der Waals surface area contributed by atoms with Gasteiger partial charge in [0.25, 0.3) is 0 Å². The summed E-state index contributed by atoms with van der Waals surface area (Å²) in [6, 6.07) is 8.76. The quantitative estimate of drug-likeness (QED) is 0.727. The van der Waals surface area contributed by atoms with Gasteiger partial charge in [0.15, 0.2) is 5.82 Å². The van der Waals surface area contributed by atoms with E-state index in [1.807, 2.05) is 0 Å². The molecule has 3 aromatic rings. The summed E-state index contributed by atoms with van der Waals surface area (Å²) < 4.78 is 39.8. The molecule has 7 heteroatoms. The number of rotatable bonds is 2. The number of nitrogens with zero attached hydrogens (tertiary/aromatic N) is 4. The standard InChI is InChI=1S/C14H9F3N4/c15-14(16,17)10-4-7-18-11(9-10)12-5-8-20-21(12)13-3-1-2-6-19-13/h1-9H. The van der Waals surface area contributed by atoms with Crippen LogP contribution in [0.25, 0.3) is 17.2 Å². The summed E-state index contributed by atoms with van der Waals surface area (Å²) in [5.41, 5.74) is -0.117. The van der Waals surface area contributed by atoms with E-state index >= 15 is 0 Å². The average Bonchev–Trinajstić information content (AvgIpc) is 2.97. The summed E-state index contributed by atoms with van der Waals surface area (Å²) in [6.45, 7) is 0. The van der Waals surface area contributed by atoms with Crippen LogP contribution in [0.4, 0.5) is 13.2 Å². The van der Waals surface area contributed by atoms with Crippen molar-refractivity contribution in [3.63, 3.8) is 0 Å². The third-order valence-electron chi connectivity index (χ3n) is 2.86. The zero-order valence-corrected chi connectivity index (χ0v) is 10.6. The molecule has 0 aromatic carbocycles. The van der Waals surface area contributed by atoms with Crippen LogP contribution in [0.1, 0.15) is 5.56 Å². The Morgan fingerprint density at radius 2 is 1.76 bits per heavy atom. The minimum atomic E-state index is -4.41. The van der Waals surface area contributed by atoms with Crippen molar-refractivity contribution < 1.29 is 13.2 Å². The Balaban J connectivity index is 2.09. The fraction of sp³-hybridized carbons (Fsp3) is 0.0714. The maximum absolute atomic E-state index is 12.8. The van der Waals surface area contributed by atoms with Crippen LogP contribution in [-0.2, 0) is 6.18 Å². The van der Waals surface area contributed by atoms with Crippen molar-refractivity contribution in [2.75, 3.05) is 0 Å². The Labute approximate surface area is 117 Å². The first kappa shape index (κ1) is 13.3. The third-order valence-corrected chi connectivity index (χ3v) is 2.86. The zero-order valence-electron chi connectivity index (χ0n) is 10.6. The number of hydrogen-bond donors (Lipinski definition) is 0. The van der Waals surface area contributed by atoms with Crippen molar-refractivity contribution >= 4 is 0 Å². The van der Waals surface area contributed by atoms with E-state index in [1.165, 1.54) is 10.9 Å². The molecule has 0 aliphatic carbocycles. The van der Waals surface area contributed by atoms with E-state index in [0.29, 0.717) is 11.5 Å². The molecule has 3 rings (SSSR count). The normalized spacial score (nSPS) is 11.6. The van der Waals surface area contributed by atoms with Gasteiger partial charge in [-0.15, -0.1) is 0 Å². The van der Waals surface area contributed by atoms with Crippen molar-refractivity contribution in [3.8, 4) is 17.2 Å². The van der Waals surface area contributed by atoms with Crippen LogP contribution in [0.2, 0.25) is 0 Å². The first-order chi connectivity index (χ1) is 10.1. The predicted molar refractivity (Wildman–Crippen MR) is 69.6 cm³/mol. The van der Waals surface area contributed by atoms with Crippen LogP contribution < -0.4 is 0 Å². The van der Waals surface area contributed by atoms with Crippen LogP contribution in [0.3, 0.4) is 0 Å². The summed E-state index contributed by atoms with van der Waals surface area (Å²) in [7, 11) is 0. The molecule has 3 heterocycles. The highest BCUT2D eigenvalue weighted by Crippen LogP contribution is 2.31. The largest absolute Gasteiger partial charge is 0.416 e. The maximum Gasteiger partial charge on any atom is 0.416 e. The lowest BCUT2D eigenvalue weighted by Crippen LogP contribution is -2.06. The number of aromatic nitrogens is 4. The highest BCUT2D eigenvalue weighted by Gasteiger charge is 2.31. The molecule has 3 aromatic heterocycles. The molecule has 0 saturated heterocycles. The molecule has 0 spiro atoms. The van der Waals surface area contributed by atoms with E-state index in [9.17, 15) is 13.2 Å². The van der Waals surface area contributed by atoms with Crippen LogP contribution in [0.5, 0.6) is 0 Å². The molecule has 0 atom stereocenters. The second-order valence-electron chi connectivity index (χ2n) is 4.24. The van der Waals surface area contributed by atoms with E-state index in [-0.39, 0.29) is 5.69 Å². The molecule has 0 bridgehead atoms. The fourth-order valence-electron chi connectivity index (χ4n) is 1.91. The molecule has 0 radical (unpaired) electrons. The fourth-order valence-corrected chi connectivity index (χ4v) is 1.91. The molecule has 0 fully saturated rings. The molecular weight excluding hydrogens is 281 g/mol. The molecule has 0 unspecified atom stereocenters. The Hall–Kier alpha value is -2.70. The first-order valence-corrected chi connectivity index (χ1v) is 6.05. The van der Waals surface area contributed by atoms with E-state index in [0.717, 1.165) is 18.3 Å². The summed E-state index contributed by atoms with van der Waals surface area (Å²) >= 11 is 0. The van der Waals surface area contributed by atoms with Crippen molar-refractivity contribution in [2.45, 2.75) is 6.18 Å². The Kier molecular flexibility index (Phi) is 3.17. The van der Waals surface area contributed by atoms with Gasteiger partial charge in [-0.2, -0.15) is 18.3 Å². The lowest BCUT2D eigenvalue weighted by Gasteiger charge is -2.09. The van der Waals surface area contributed by atoms with Crippen molar-refractivity contribution in [1.29, 1.82) is 0 Å². The smallest absolute Gasteiger partial charge is 0.255 e. The van der Waals surface area contributed by atoms with E-state index in [2.05, 4.69) is 15.1 Å². The maximum atomic E-state index is 12.8. The van der Waals surface area contributed by atoms with Gasteiger partial charge < -0.3 is 0 Å². The average molecular weight is 290 g/mol. The zero-order chi connectivity index (χ0) is 14.9. The second kappa shape index (κ2) is 5.01. The van der Waals surface area contributed by atoms with Crippen molar-refractivity contribution in [2.24, 2.45) is 0 Å². The summed E-state index contributed by atoms with van der Waals surface area (Å²) in [5.74, 6) is 0.511. The number of pyridine rings is 2. The third kappa shape index (κ3) is 2.62. The number of hydrogen-bond acceptors (Lipinski definition) is 3. The van der Waals surface area contributed by atoms with Gasteiger partial charge in [0, 0.05) is 12.4 Å². The lowest BCUT2D eigenvalue weighted by molar-refractivity contribution is -0.137. The first-order valence-electron chi connectivity index (χ1n) is 6.05. The van der Waals surface area contributed by atoms with Gasteiger partial charge in [0.1, 0.15) is 0 Å². The monoisotopic (exact) mass is 290 g/mol. The minimum Gasteiger partial charge on any atom is -0.255 e. The molecule has 0 amide bonds. The van der Waals surface area contributed by atoms with E-state index in [1.54, 1.807) is 30.5 Å². The van der Waals surface area contributed by atoms with Gasteiger partial charge in [-0.25, -0.2) is 9.67 Å². The van der Waals surface area contributed by atoms with Gasteiger partial charge in [-0.3, -0.25) is 4.98 Å². The topological polar surface area (TPSA) is 43.6 Å². The minimum absolute atomic E-state index is 0.188. The van der Waals surface area contributed by atoms with Gasteiger partial charge in [-0.1, -0.05) is 6.07 Å². The molecule has 106 valence electrons. The van der Waals surface area contributed by atoms with Crippen LogP contribution in [0.15, 0.2) is 55.0 Å². The number of halogens is 3. The van der Waals surface area contributed by atoms with Crippen LogP contribution in [0, 0.1) is 0 Å². The Morgan fingerprint density at radius 3 is 2.48 bits per heavy atom. The van der Waals surface area contributed by atoms with Crippen molar-refractivity contribution in [1.82, 2.24) is 19.7 Å². The summed E-state index contributed by atoms with van der Waals surface area (Å²) in [6.07, 6.45) is -0.201. The SMILES string of the molecule is FC(F)(F)c1ccnc(-c2ccnn2-c2ccccn2)c1. The van der Waals surface area contributed by atoms with Crippen molar-refractivity contribution in [3.05, 3.63) is 60.6 Å². The molecule has 0 saturated carbocycles. The van der Waals surface area contributed by atoms with E-state index in [4.69, 9.17) is 0 Å². The van der Waals surface area contributed by atoms with Crippen LogP contribution in [-0.4, -0.2) is 19.7 Å². The van der Waals surface area contributed by atoms with E-state index < -0.39 is 11.7 Å². The highest BCUT2D eigenvalue weighted by molar-refractivity contribution is 5.57. The molecule has 4 nitrogen and oxygen atoms in total. The number of alkyl halides is 3. The van der Waals surface area contributed by atoms with Gasteiger partial charge >= 0.3 is 6.18 Å². The summed E-state index contributed by atoms with van der Waals surface area (Å²) in [5, 5.41) is 4.09. The predicted octanol–water partition coefficient (Wildman–Crippen LogP) is 3.35. The second-order valence-corrected chi connectivity index (χ2v) is 4.24. The lowest BCUT2D eigenvalue weighted by atomic mass is 10.2. The Morgan fingerprint density at radius 1 is 0.905 bits per heavy atom. The van der Waals surface area contributed by atoms with Gasteiger partial charge in [0.05, 0.1) is 23.1 Å². The highest BCUT2D eigenvalue weighted by atomic mass is 19.4. The molecule has 0 N–H and O–H groups in total. The van der Waals surface area contributed by atoms with Gasteiger partial charge in [0.2, 0.25) is 0 Å². The molecule has 0 aliphatic heterocycles.